The highest BCUT2D eigenvalue weighted by molar-refractivity contribution is 14.1. The lowest BCUT2D eigenvalue weighted by Gasteiger charge is -2.30. The molecule has 4 rings (SSSR count). The Bertz CT molecular complexity index is 908. The fourth-order valence-corrected chi connectivity index (χ4v) is 5.80. The summed E-state index contributed by atoms with van der Waals surface area (Å²) in [5.74, 6) is 0.723. The number of nitrogens with zero attached hydrogens (tertiary/aromatic N) is 4. The van der Waals surface area contributed by atoms with E-state index in [-0.39, 0.29) is 0 Å². The van der Waals surface area contributed by atoms with Crippen LogP contribution in [-0.2, 0) is 6.42 Å². The van der Waals surface area contributed by atoms with Crippen molar-refractivity contribution < 1.29 is 0 Å². The van der Waals surface area contributed by atoms with E-state index in [1.54, 1.807) is 0 Å². The monoisotopic (exact) mass is 519 g/mol. The van der Waals surface area contributed by atoms with Crippen LogP contribution in [0.4, 0.5) is 5.69 Å². The average molecular weight is 519 g/mol. The van der Waals surface area contributed by atoms with Gasteiger partial charge in [-0.25, -0.2) is 0 Å². The summed E-state index contributed by atoms with van der Waals surface area (Å²) in [4.78, 5) is 17.1. The number of benzene rings is 1. The molecule has 30 heavy (non-hydrogen) atoms. The molecule has 1 aliphatic carbocycles. The Morgan fingerprint density at radius 1 is 1.13 bits per heavy atom. The second-order valence-corrected chi connectivity index (χ2v) is 10.0. The molecule has 0 atom stereocenters. The maximum Gasteiger partial charge on any atom is 0.164 e. The molecule has 162 valence electrons. The molecule has 2 fully saturated rings. The molecule has 0 bridgehead atoms. The summed E-state index contributed by atoms with van der Waals surface area (Å²) in [7, 11) is 0. The van der Waals surface area contributed by atoms with Gasteiger partial charge >= 0.3 is 0 Å². The van der Waals surface area contributed by atoms with Crippen LogP contribution in [0.3, 0.4) is 0 Å². The van der Waals surface area contributed by atoms with E-state index in [2.05, 4.69) is 51.5 Å². The standard InChI is InChI=1S/C24H34IN5/c1-17(2)28-24(25)29-20-8-6-18(7-9-20)14-19-15-21(30-12-4-3-5-13-30)16-22-23(19)27-11-10-26-22/h15-16,18,20H,1,3-14H2,2H3,(H,28,29). The maximum absolute atomic E-state index is 4.87. The predicted octanol–water partition coefficient (Wildman–Crippen LogP) is 3.95. The Balaban J connectivity index is 1.46. The van der Waals surface area contributed by atoms with Crippen LogP contribution < -0.4 is 20.9 Å². The van der Waals surface area contributed by atoms with Crippen LogP contribution in [0.1, 0.15) is 57.4 Å². The smallest absolute Gasteiger partial charge is 0.164 e. The molecule has 1 N–H and O–H groups in total. The van der Waals surface area contributed by atoms with E-state index in [4.69, 9.17) is 15.0 Å². The molecule has 0 radical (unpaired) electrons. The molecule has 6 heteroatoms. The number of aliphatic imine (C=N–C) groups is 1. The van der Waals surface area contributed by atoms with Crippen molar-refractivity contribution in [1.29, 1.82) is 0 Å². The first-order valence-electron chi connectivity index (χ1n) is 11.5. The highest BCUT2D eigenvalue weighted by atomic mass is 127. The van der Waals surface area contributed by atoms with Gasteiger partial charge in [0.1, 0.15) is 0 Å². The minimum absolute atomic E-state index is 0.438. The number of hydrogen-bond donors (Lipinski definition) is 1. The topological polar surface area (TPSA) is 52.4 Å². The van der Waals surface area contributed by atoms with Crippen molar-refractivity contribution in [3.8, 4) is 0 Å². The lowest BCUT2D eigenvalue weighted by molar-refractivity contribution is 0.325. The van der Waals surface area contributed by atoms with Gasteiger partial charge in [0.2, 0.25) is 0 Å². The van der Waals surface area contributed by atoms with Crippen molar-refractivity contribution in [3.05, 3.63) is 40.7 Å². The summed E-state index contributed by atoms with van der Waals surface area (Å²) >= 11 is 2.28. The molecule has 2 aliphatic heterocycles. The van der Waals surface area contributed by atoms with Crippen LogP contribution in [-0.4, -0.2) is 36.1 Å². The third-order valence-electron chi connectivity index (χ3n) is 6.46. The van der Waals surface area contributed by atoms with E-state index in [0.29, 0.717) is 6.04 Å². The van der Waals surface area contributed by atoms with Gasteiger partial charge in [-0.15, -0.1) is 0 Å². The molecule has 0 aromatic heterocycles. The molecule has 1 aromatic carbocycles. The number of fused-ring (bicyclic) bond motifs is 1. The first-order chi connectivity index (χ1) is 14.6. The Labute approximate surface area is 194 Å². The quantitative estimate of drug-likeness (QED) is 0.277. The second-order valence-electron chi connectivity index (χ2n) is 8.99. The summed E-state index contributed by atoms with van der Waals surface area (Å²) in [6.07, 6.45) is 9.92. The number of piperidine rings is 1. The van der Waals surface area contributed by atoms with Crippen LogP contribution in [0.25, 0.3) is 0 Å². The molecule has 1 aromatic rings. The van der Waals surface area contributed by atoms with Crippen LogP contribution in [0.15, 0.2) is 39.4 Å². The van der Waals surface area contributed by atoms with Crippen molar-refractivity contribution in [3.63, 3.8) is 0 Å². The van der Waals surface area contributed by atoms with Crippen LogP contribution >= 0.6 is 22.6 Å². The zero-order valence-electron chi connectivity index (χ0n) is 18.2. The normalized spacial score (nSPS) is 24.5. The molecular formula is C24H34IN5. The third-order valence-corrected chi connectivity index (χ3v) is 7.01. The van der Waals surface area contributed by atoms with Crippen LogP contribution in [0, 0.1) is 5.92 Å². The van der Waals surface area contributed by atoms with Gasteiger partial charge in [0.05, 0.1) is 29.8 Å². The highest BCUT2D eigenvalue weighted by Gasteiger charge is 2.23. The number of nitrogens with one attached hydrogen (secondary N) is 1. The number of halogens is 1. The van der Waals surface area contributed by atoms with Crippen LogP contribution in [0.2, 0.25) is 0 Å². The minimum Gasteiger partial charge on any atom is -0.371 e. The van der Waals surface area contributed by atoms with Gasteiger partial charge in [0.15, 0.2) is 3.84 Å². The molecule has 3 aliphatic rings. The minimum atomic E-state index is 0.438. The predicted molar refractivity (Wildman–Crippen MR) is 133 cm³/mol. The van der Waals surface area contributed by atoms with E-state index >= 15 is 0 Å². The van der Waals surface area contributed by atoms with E-state index < -0.39 is 0 Å². The molecule has 1 saturated carbocycles. The van der Waals surface area contributed by atoms with E-state index in [1.165, 1.54) is 74.6 Å². The fourth-order valence-electron chi connectivity index (χ4n) is 4.94. The van der Waals surface area contributed by atoms with Gasteiger partial charge in [-0.1, -0.05) is 6.58 Å². The summed E-state index contributed by atoms with van der Waals surface area (Å²) in [5.41, 5.74) is 3.73. The van der Waals surface area contributed by atoms with Gasteiger partial charge in [0.25, 0.3) is 0 Å². The fraction of sp³-hybridized carbons (Fsp3) is 0.625. The van der Waals surface area contributed by atoms with Crippen molar-refractivity contribution in [2.24, 2.45) is 20.9 Å². The summed E-state index contributed by atoms with van der Waals surface area (Å²) in [6, 6.07) is 5.15. The molecule has 1 saturated heterocycles. The number of rotatable bonds is 5. The Morgan fingerprint density at radius 3 is 2.60 bits per heavy atom. The Morgan fingerprint density at radius 2 is 1.87 bits per heavy atom. The number of amidine groups is 1. The van der Waals surface area contributed by atoms with Gasteiger partial charge in [-0.05, 0) is 104 Å². The highest BCUT2D eigenvalue weighted by Crippen LogP contribution is 2.29. The number of allylic oxidation sites excluding steroid dienone is 1. The molecule has 0 unspecified atom stereocenters. The molecule has 5 nitrogen and oxygen atoms in total. The van der Waals surface area contributed by atoms with Gasteiger partial charge in [-0.2, -0.15) is 0 Å². The second kappa shape index (κ2) is 10.2. The van der Waals surface area contributed by atoms with E-state index in [9.17, 15) is 0 Å². The average Bonchev–Trinajstić information content (AvgIpc) is 2.75. The Hall–Kier alpha value is -1.44. The summed E-state index contributed by atoms with van der Waals surface area (Å²) in [6.45, 7) is 9.89. The SMILES string of the molecule is C=C(C)NC(I)=NC1CCC(Cc2cc(N3CCCCC3)cc3c2=NCCN=3)CC1. The summed E-state index contributed by atoms with van der Waals surface area (Å²) < 4.78 is 0.965. The van der Waals surface area contributed by atoms with Crippen LogP contribution in [0.5, 0.6) is 0 Å². The van der Waals surface area contributed by atoms with Crippen molar-refractivity contribution in [2.75, 3.05) is 31.1 Å². The first-order valence-corrected chi connectivity index (χ1v) is 12.6. The molecular weight excluding hydrogens is 485 g/mol. The molecule has 0 spiro atoms. The van der Waals surface area contributed by atoms with Gasteiger partial charge in [0, 0.05) is 24.5 Å². The van der Waals surface area contributed by atoms with Crippen molar-refractivity contribution in [2.45, 2.75) is 64.3 Å². The third kappa shape index (κ3) is 5.62. The van der Waals surface area contributed by atoms with E-state index in [0.717, 1.165) is 40.3 Å². The Kier molecular flexibility index (Phi) is 7.44. The number of anilines is 1. The summed E-state index contributed by atoms with van der Waals surface area (Å²) in [5, 5.41) is 5.52. The maximum atomic E-state index is 4.87. The van der Waals surface area contributed by atoms with Gasteiger partial charge in [-0.3, -0.25) is 15.0 Å². The zero-order valence-corrected chi connectivity index (χ0v) is 20.3. The van der Waals surface area contributed by atoms with Gasteiger partial charge < -0.3 is 10.2 Å². The lowest BCUT2D eigenvalue weighted by Crippen LogP contribution is -2.37. The largest absolute Gasteiger partial charge is 0.371 e. The van der Waals surface area contributed by atoms with E-state index in [1.807, 2.05) is 6.92 Å². The van der Waals surface area contributed by atoms with Crippen molar-refractivity contribution in [1.82, 2.24) is 5.32 Å². The van der Waals surface area contributed by atoms with Crippen molar-refractivity contribution >= 4 is 32.1 Å². The molecule has 0 amide bonds. The molecule has 2 heterocycles. The first kappa shape index (κ1) is 21.8. The zero-order chi connectivity index (χ0) is 20.9. The lowest BCUT2D eigenvalue weighted by atomic mass is 9.82. The number of hydrogen-bond acceptors (Lipinski definition) is 4.